The van der Waals surface area contributed by atoms with Crippen LogP contribution in [0.15, 0.2) is 29.6 Å². The number of thiazole rings is 1. The van der Waals surface area contributed by atoms with E-state index in [1.807, 2.05) is 11.4 Å². The number of hydrogen-bond donors (Lipinski definition) is 1. The fourth-order valence-corrected chi connectivity index (χ4v) is 3.21. The van der Waals surface area contributed by atoms with Crippen molar-refractivity contribution < 1.29 is 4.39 Å². The molecule has 0 aliphatic heterocycles. The molecule has 0 bridgehead atoms. The maximum Gasteiger partial charge on any atom is 0.127 e. The molecule has 5 heteroatoms. The van der Waals surface area contributed by atoms with Gasteiger partial charge in [-0.3, -0.25) is 0 Å². The smallest absolute Gasteiger partial charge is 0.127 e. The lowest BCUT2D eigenvalue weighted by molar-refractivity contribution is 0.629. The molecular weight excluding hydrogens is 243 g/mol. The number of fused-ring (bicyclic) bond motifs is 1. The summed E-state index contributed by atoms with van der Waals surface area (Å²) in [7, 11) is 0. The van der Waals surface area contributed by atoms with Gasteiger partial charge >= 0.3 is 0 Å². The minimum Gasteiger partial charge on any atom is -0.390 e. The highest BCUT2D eigenvalue weighted by molar-refractivity contribution is 7.22. The normalized spacial score (nSPS) is 11.1. The third-order valence-corrected chi connectivity index (χ3v) is 4.09. The Morgan fingerprint density at radius 3 is 2.88 bits per heavy atom. The van der Waals surface area contributed by atoms with Gasteiger partial charge in [0.15, 0.2) is 0 Å². The Bertz CT molecular complexity index is 657. The first-order chi connectivity index (χ1) is 7.74. The van der Waals surface area contributed by atoms with E-state index < -0.39 is 0 Å². The van der Waals surface area contributed by atoms with Crippen LogP contribution in [0.1, 0.15) is 0 Å². The summed E-state index contributed by atoms with van der Waals surface area (Å²) in [6.07, 6.45) is 0. The lowest BCUT2D eigenvalue weighted by atomic mass is 10.3. The number of hydrogen-bond acceptors (Lipinski definition) is 4. The first kappa shape index (κ1) is 9.74. The lowest BCUT2D eigenvalue weighted by Gasteiger charge is -1.90. The summed E-state index contributed by atoms with van der Waals surface area (Å²) in [5, 5.41) is 3.52. The third-order valence-electron chi connectivity index (χ3n) is 2.28. The van der Waals surface area contributed by atoms with Gasteiger partial charge in [0.05, 0.1) is 15.2 Å². The van der Waals surface area contributed by atoms with Gasteiger partial charge in [0, 0.05) is 11.6 Å². The van der Waals surface area contributed by atoms with Crippen LogP contribution >= 0.6 is 22.7 Å². The predicted octanol–water partition coefficient (Wildman–Crippen LogP) is 3.75. The average molecular weight is 250 g/mol. The Morgan fingerprint density at radius 1 is 1.25 bits per heavy atom. The predicted molar refractivity (Wildman–Crippen MR) is 67.3 cm³/mol. The molecule has 16 heavy (non-hydrogen) atoms. The number of anilines is 1. The van der Waals surface area contributed by atoms with E-state index in [0.29, 0.717) is 5.52 Å². The maximum atomic E-state index is 13.0. The average Bonchev–Trinajstić information content (AvgIpc) is 2.82. The number of halogens is 1. The highest BCUT2D eigenvalue weighted by Crippen LogP contribution is 2.35. The van der Waals surface area contributed by atoms with Gasteiger partial charge in [0.2, 0.25) is 0 Å². The molecule has 0 radical (unpaired) electrons. The van der Waals surface area contributed by atoms with Crippen LogP contribution < -0.4 is 5.73 Å². The van der Waals surface area contributed by atoms with Crippen molar-refractivity contribution in [2.24, 2.45) is 0 Å². The van der Waals surface area contributed by atoms with Gasteiger partial charge in [-0.2, -0.15) is 0 Å². The molecule has 0 fully saturated rings. The summed E-state index contributed by atoms with van der Waals surface area (Å²) in [6.45, 7) is 0. The van der Waals surface area contributed by atoms with E-state index in [9.17, 15) is 4.39 Å². The van der Waals surface area contributed by atoms with E-state index in [-0.39, 0.29) is 5.82 Å². The number of nitrogens with two attached hydrogens (primary N) is 1. The van der Waals surface area contributed by atoms with Crippen molar-refractivity contribution in [3.63, 3.8) is 0 Å². The van der Waals surface area contributed by atoms with Crippen LogP contribution in [0.5, 0.6) is 0 Å². The van der Waals surface area contributed by atoms with Gasteiger partial charge in [-0.15, -0.1) is 22.7 Å². The van der Waals surface area contributed by atoms with E-state index in [1.165, 1.54) is 34.8 Å². The first-order valence-electron chi connectivity index (χ1n) is 4.63. The molecule has 80 valence electrons. The van der Waals surface area contributed by atoms with E-state index in [0.717, 1.165) is 20.3 Å². The van der Waals surface area contributed by atoms with Crippen LogP contribution in [0.3, 0.4) is 0 Å². The zero-order valence-corrected chi connectivity index (χ0v) is 9.74. The molecule has 0 aliphatic carbocycles. The van der Waals surface area contributed by atoms with Gasteiger partial charge in [0.1, 0.15) is 10.8 Å². The van der Waals surface area contributed by atoms with Gasteiger partial charge in [-0.05, 0) is 23.6 Å². The molecule has 0 spiro atoms. The second-order valence-corrected chi connectivity index (χ2v) is 5.31. The molecule has 3 rings (SSSR count). The van der Waals surface area contributed by atoms with E-state index in [1.54, 1.807) is 6.07 Å². The topological polar surface area (TPSA) is 38.9 Å². The number of benzene rings is 1. The van der Waals surface area contributed by atoms with Crippen LogP contribution in [0.2, 0.25) is 0 Å². The summed E-state index contributed by atoms with van der Waals surface area (Å²) in [4.78, 5) is 4.38. The monoisotopic (exact) mass is 250 g/mol. The number of thiophene rings is 1. The third kappa shape index (κ3) is 1.48. The Balaban J connectivity index is 2.23. The van der Waals surface area contributed by atoms with Crippen molar-refractivity contribution in [2.45, 2.75) is 0 Å². The van der Waals surface area contributed by atoms with Crippen molar-refractivity contribution in [1.82, 2.24) is 4.98 Å². The largest absolute Gasteiger partial charge is 0.390 e. The first-order valence-corrected chi connectivity index (χ1v) is 6.33. The zero-order valence-electron chi connectivity index (χ0n) is 8.11. The second kappa shape index (κ2) is 3.54. The fraction of sp³-hybridized carbons (Fsp3) is 0. The number of aromatic nitrogens is 1. The van der Waals surface area contributed by atoms with E-state index in [4.69, 9.17) is 5.73 Å². The molecule has 0 saturated carbocycles. The summed E-state index contributed by atoms with van der Waals surface area (Å²) in [6, 6.07) is 6.57. The van der Waals surface area contributed by atoms with Crippen molar-refractivity contribution in [2.75, 3.05) is 5.73 Å². The number of nitrogens with zero attached hydrogens (tertiary/aromatic N) is 1. The van der Waals surface area contributed by atoms with Crippen molar-refractivity contribution in [1.29, 1.82) is 0 Å². The van der Waals surface area contributed by atoms with Crippen molar-refractivity contribution >= 4 is 37.9 Å². The molecule has 2 N–H and O–H groups in total. The van der Waals surface area contributed by atoms with Crippen LogP contribution in [0.25, 0.3) is 20.8 Å². The van der Waals surface area contributed by atoms with E-state index in [2.05, 4.69) is 4.98 Å². The van der Waals surface area contributed by atoms with Crippen LogP contribution in [0, 0.1) is 5.82 Å². The Kier molecular flexibility index (Phi) is 2.15. The SMILES string of the molecule is Nc1sccc1-c1nc2cc(F)ccc2s1. The minimum absolute atomic E-state index is 0.261. The summed E-state index contributed by atoms with van der Waals surface area (Å²) in [5.74, 6) is -0.261. The summed E-state index contributed by atoms with van der Waals surface area (Å²) in [5.41, 5.74) is 7.46. The van der Waals surface area contributed by atoms with Crippen LogP contribution in [-0.2, 0) is 0 Å². The highest BCUT2D eigenvalue weighted by Gasteiger charge is 2.10. The van der Waals surface area contributed by atoms with Crippen LogP contribution in [0.4, 0.5) is 9.39 Å². The Hall–Kier alpha value is -1.46. The molecule has 0 aliphatic rings. The summed E-state index contributed by atoms with van der Waals surface area (Å²) < 4.78 is 14.0. The number of nitrogen functional groups attached to an aromatic ring is 1. The van der Waals surface area contributed by atoms with Crippen LogP contribution in [-0.4, -0.2) is 4.98 Å². The molecular formula is C11H7FN2S2. The van der Waals surface area contributed by atoms with Gasteiger partial charge in [0.25, 0.3) is 0 Å². The van der Waals surface area contributed by atoms with Gasteiger partial charge < -0.3 is 5.73 Å². The summed E-state index contributed by atoms with van der Waals surface area (Å²) >= 11 is 3.01. The maximum absolute atomic E-state index is 13.0. The Morgan fingerprint density at radius 2 is 2.12 bits per heavy atom. The Labute approximate surface area is 99.2 Å². The molecule has 0 amide bonds. The van der Waals surface area contributed by atoms with Gasteiger partial charge in [-0.1, -0.05) is 0 Å². The van der Waals surface area contributed by atoms with Crippen molar-refractivity contribution in [3.8, 4) is 10.6 Å². The van der Waals surface area contributed by atoms with Crippen molar-refractivity contribution in [3.05, 3.63) is 35.5 Å². The molecule has 0 unspecified atom stereocenters. The van der Waals surface area contributed by atoms with Gasteiger partial charge in [-0.25, -0.2) is 9.37 Å². The highest BCUT2D eigenvalue weighted by atomic mass is 32.1. The fourth-order valence-electron chi connectivity index (χ4n) is 1.51. The molecule has 0 atom stereocenters. The standard InChI is InChI=1S/C11H7FN2S2/c12-6-1-2-9-8(5-6)14-11(16-9)7-3-4-15-10(7)13/h1-5H,13H2. The second-order valence-electron chi connectivity index (χ2n) is 3.33. The molecule has 2 nitrogen and oxygen atoms in total. The van der Waals surface area contributed by atoms with E-state index >= 15 is 0 Å². The minimum atomic E-state index is -0.261. The zero-order chi connectivity index (χ0) is 11.1. The molecule has 1 aromatic carbocycles. The molecule has 2 aromatic heterocycles. The molecule has 0 saturated heterocycles. The molecule has 3 aromatic rings. The number of rotatable bonds is 1. The lowest BCUT2D eigenvalue weighted by Crippen LogP contribution is -1.82. The molecule has 2 heterocycles. The quantitative estimate of drug-likeness (QED) is 0.714.